The van der Waals surface area contributed by atoms with Crippen molar-refractivity contribution in [3.63, 3.8) is 0 Å². The number of carbonyl (C=O) groups excluding carboxylic acids is 2. The number of amides is 2. The summed E-state index contributed by atoms with van der Waals surface area (Å²) < 4.78 is 0. The van der Waals surface area contributed by atoms with Crippen LogP contribution in [0.3, 0.4) is 0 Å². The van der Waals surface area contributed by atoms with Crippen LogP contribution >= 0.6 is 0 Å². The number of carbonyl (C=O) groups is 2. The lowest BCUT2D eigenvalue weighted by molar-refractivity contribution is -0.158. The number of piperazine rings is 1. The molecule has 0 aromatic rings. The van der Waals surface area contributed by atoms with Gasteiger partial charge >= 0.3 is 11.8 Å². The first kappa shape index (κ1) is 14.9. The van der Waals surface area contributed by atoms with Gasteiger partial charge < -0.3 is 20.2 Å². The summed E-state index contributed by atoms with van der Waals surface area (Å²) in [6.07, 6.45) is -0.632. The Morgan fingerprint density at radius 2 is 1.94 bits per heavy atom. The van der Waals surface area contributed by atoms with E-state index in [1.54, 1.807) is 4.90 Å². The van der Waals surface area contributed by atoms with E-state index in [1.165, 1.54) is 4.90 Å². The molecule has 2 N–H and O–H groups in total. The predicted octanol–water partition coefficient (Wildman–Crippen LogP) is -0.964. The van der Waals surface area contributed by atoms with Gasteiger partial charge in [-0.05, 0) is 20.4 Å². The van der Waals surface area contributed by atoms with Gasteiger partial charge in [-0.25, -0.2) is 0 Å². The second-order valence-electron chi connectivity index (χ2n) is 4.80. The first-order valence-electron chi connectivity index (χ1n) is 6.46. The summed E-state index contributed by atoms with van der Waals surface area (Å²) in [6, 6.07) is 0.0373. The van der Waals surface area contributed by atoms with Crippen molar-refractivity contribution in [3.8, 4) is 0 Å². The van der Waals surface area contributed by atoms with Gasteiger partial charge in [-0.2, -0.15) is 0 Å². The number of aliphatic hydroxyl groups is 1. The number of nitrogens with one attached hydrogen (secondary N) is 1. The Kier molecular flexibility index (Phi) is 5.55. The summed E-state index contributed by atoms with van der Waals surface area (Å²) >= 11 is 0. The number of nitrogens with zero attached hydrogens (tertiary/aromatic N) is 2. The fourth-order valence-electron chi connectivity index (χ4n) is 1.99. The SMILES string of the molecule is CCNCC(O)CN1CCN(C(C)C)C(=O)C1=O. The first-order chi connectivity index (χ1) is 8.47. The molecule has 0 radical (unpaired) electrons. The van der Waals surface area contributed by atoms with Crippen LogP contribution in [-0.4, -0.2) is 71.6 Å². The van der Waals surface area contributed by atoms with Crippen LogP contribution in [0.1, 0.15) is 20.8 Å². The highest BCUT2D eigenvalue weighted by molar-refractivity contribution is 6.35. The Morgan fingerprint density at radius 3 is 2.50 bits per heavy atom. The quantitative estimate of drug-likeness (QED) is 0.601. The van der Waals surface area contributed by atoms with Crippen LogP contribution in [0.5, 0.6) is 0 Å². The molecule has 0 spiro atoms. The monoisotopic (exact) mass is 257 g/mol. The van der Waals surface area contributed by atoms with Crippen molar-refractivity contribution in [2.24, 2.45) is 0 Å². The van der Waals surface area contributed by atoms with E-state index in [0.29, 0.717) is 19.6 Å². The Labute approximate surface area is 108 Å². The van der Waals surface area contributed by atoms with Gasteiger partial charge in [-0.3, -0.25) is 9.59 Å². The Balaban J connectivity index is 2.50. The van der Waals surface area contributed by atoms with Crippen molar-refractivity contribution in [3.05, 3.63) is 0 Å². The molecule has 6 heteroatoms. The van der Waals surface area contributed by atoms with E-state index in [-0.39, 0.29) is 12.6 Å². The van der Waals surface area contributed by atoms with Crippen LogP contribution in [0.4, 0.5) is 0 Å². The average molecular weight is 257 g/mol. The predicted molar refractivity (Wildman–Crippen MR) is 68.0 cm³/mol. The average Bonchev–Trinajstić information content (AvgIpc) is 2.32. The van der Waals surface area contributed by atoms with Gasteiger partial charge in [0.05, 0.1) is 6.10 Å². The van der Waals surface area contributed by atoms with Gasteiger partial charge in [-0.15, -0.1) is 0 Å². The van der Waals surface area contributed by atoms with Crippen molar-refractivity contribution < 1.29 is 14.7 Å². The van der Waals surface area contributed by atoms with Gasteiger partial charge in [0.25, 0.3) is 0 Å². The van der Waals surface area contributed by atoms with Crippen molar-refractivity contribution >= 4 is 11.8 Å². The number of aliphatic hydroxyl groups excluding tert-OH is 1. The van der Waals surface area contributed by atoms with Crippen molar-refractivity contribution in [2.45, 2.75) is 32.9 Å². The maximum atomic E-state index is 11.9. The summed E-state index contributed by atoms with van der Waals surface area (Å²) in [6.45, 7) is 8.17. The Hall–Kier alpha value is -1.14. The second-order valence-corrected chi connectivity index (χ2v) is 4.80. The van der Waals surface area contributed by atoms with Gasteiger partial charge in [0.1, 0.15) is 0 Å². The molecule has 2 amide bonds. The highest BCUT2D eigenvalue weighted by Gasteiger charge is 2.34. The smallest absolute Gasteiger partial charge is 0.312 e. The third-order valence-electron chi connectivity index (χ3n) is 3.03. The number of hydrogen-bond acceptors (Lipinski definition) is 4. The van der Waals surface area contributed by atoms with Crippen molar-refractivity contribution in [2.75, 3.05) is 32.7 Å². The normalized spacial score (nSPS) is 18.7. The Bertz CT molecular complexity index is 307. The maximum absolute atomic E-state index is 11.9. The molecule has 6 nitrogen and oxygen atoms in total. The summed E-state index contributed by atoms with van der Waals surface area (Å²) in [5.74, 6) is -0.975. The topological polar surface area (TPSA) is 72.9 Å². The van der Waals surface area contributed by atoms with Gasteiger partial charge in [0.2, 0.25) is 0 Å². The molecule has 1 saturated heterocycles. The zero-order chi connectivity index (χ0) is 13.7. The van der Waals surface area contributed by atoms with Gasteiger partial charge in [0.15, 0.2) is 0 Å². The molecule has 1 aliphatic rings. The molecule has 0 aromatic heterocycles. The van der Waals surface area contributed by atoms with E-state index in [0.717, 1.165) is 6.54 Å². The molecule has 1 rings (SSSR count). The molecule has 1 aliphatic heterocycles. The molecule has 18 heavy (non-hydrogen) atoms. The lowest BCUT2D eigenvalue weighted by atomic mass is 10.2. The molecule has 0 saturated carbocycles. The maximum Gasteiger partial charge on any atom is 0.312 e. The standard InChI is InChI=1S/C12H23N3O3/c1-4-13-7-10(16)8-14-5-6-15(9(2)3)12(18)11(14)17/h9-10,13,16H,4-8H2,1-3H3. The van der Waals surface area contributed by atoms with Crippen molar-refractivity contribution in [1.29, 1.82) is 0 Å². The molecule has 1 heterocycles. The third-order valence-corrected chi connectivity index (χ3v) is 3.03. The van der Waals surface area contributed by atoms with E-state index in [9.17, 15) is 14.7 Å². The Morgan fingerprint density at radius 1 is 1.28 bits per heavy atom. The lowest BCUT2D eigenvalue weighted by Crippen LogP contribution is -2.58. The van der Waals surface area contributed by atoms with Gasteiger partial charge in [0, 0.05) is 32.2 Å². The zero-order valence-corrected chi connectivity index (χ0v) is 11.3. The minimum atomic E-state index is -0.632. The minimum Gasteiger partial charge on any atom is -0.390 e. The minimum absolute atomic E-state index is 0.0373. The molecular formula is C12H23N3O3. The molecule has 1 atom stereocenters. The summed E-state index contributed by atoms with van der Waals surface area (Å²) in [4.78, 5) is 26.7. The van der Waals surface area contributed by atoms with E-state index in [2.05, 4.69) is 5.32 Å². The van der Waals surface area contributed by atoms with E-state index in [4.69, 9.17) is 0 Å². The van der Waals surface area contributed by atoms with Crippen LogP contribution in [0, 0.1) is 0 Å². The van der Waals surface area contributed by atoms with Gasteiger partial charge in [-0.1, -0.05) is 6.92 Å². The fourth-order valence-corrected chi connectivity index (χ4v) is 1.99. The number of likely N-dealkylation sites (N-methyl/N-ethyl adjacent to an activating group) is 1. The third kappa shape index (κ3) is 3.68. The second kappa shape index (κ2) is 6.70. The number of rotatable bonds is 6. The van der Waals surface area contributed by atoms with Crippen molar-refractivity contribution in [1.82, 2.24) is 15.1 Å². The number of β-amino-alcohol motifs (C(OH)–C–C–N with tert-alkyl or cyclic N) is 1. The summed E-state index contributed by atoms with van der Waals surface area (Å²) in [7, 11) is 0. The molecule has 0 aliphatic carbocycles. The molecule has 0 bridgehead atoms. The van der Waals surface area contributed by atoms with Crippen LogP contribution in [0.25, 0.3) is 0 Å². The van der Waals surface area contributed by atoms with Crippen LogP contribution < -0.4 is 5.32 Å². The van der Waals surface area contributed by atoms with E-state index >= 15 is 0 Å². The molecular weight excluding hydrogens is 234 g/mol. The highest BCUT2D eigenvalue weighted by atomic mass is 16.3. The highest BCUT2D eigenvalue weighted by Crippen LogP contribution is 2.09. The molecule has 1 unspecified atom stereocenters. The van der Waals surface area contributed by atoms with E-state index in [1.807, 2.05) is 20.8 Å². The van der Waals surface area contributed by atoms with Crippen LogP contribution in [0.2, 0.25) is 0 Å². The zero-order valence-electron chi connectivity index (χ0n) is 11.3. The summed E-state index contributed by atoms with van der Waals surface area (Å²) in [5, 5.41) is 12.7. The first-order valence-corrected chi connectivity index (χ1v) is 6.46. The molecule has 104 valence electrons. The fraction of sp³-hybridized carbons (Fsp3) is 0.833. The molecule has 0 aromatic carbocycles. The van der Waals surface area contributed by atoms with E-state index < -0.39 is 17.9 Å². The number of hydrogen-bond donors (Lipinski definition) is 2. The molecule has 1 fully saturated rings. The lowest BCUT2D eigenvalue weighted by Gasteiger charge is -2.36. The van der Waals surface area contributed by atoms with Crippen LogP contribution in [0.15, 0.2) is 0 Å². The summed E-state index contributed by atoms with van der Waals surface area (Å²) in [5.41, 5.74) is 0. The largest absolute Gasteiger partial charge is 0.390 e. The van der Waals surface area contributed by atoms with Crippen LogP contribution in [-0.2, 0) is 9.59 Å².